The van der Waals surface area contributed by atoms with Crippen LogP contribution in [0.25, 0.3) is 11.2 Å². The summed E-state index contributed by atoms with van der Waals surface area (Å²) in [5, 5.41) is 0. The molecule has 104 valence electrons. The van der Waals surface area contributed by atoms with Gasteiger partial charge in [0.2, 0.25) is 5.88 Å². The number of alkyl halides is 1. The van der Waals surface area contributed by atoms with Crippen molar-refractivity contribution in [2.75, 3.05) is 7.11 Å². The molecule has 0 bridgehead atoms. The molecular weight excluding hydrogens is 264 g/mol. The summed E-state index contributed by atoms with van der Waals surface area (Å²) in [5.74, 6) is 1.70. The minimum atomic E-state index is 0.368. The minimum absolute atomic E-state index is 0.368. The average molecular weight is 283 g/mol. The summed E-state index contributed by atoms with van der Waals surface area (Å²) in [7, 11) is 1.59. The Morgan fingerprint density at radius 1 is 1.26 bits per heavy atom. The van der Waals surface area contributed by atoms with Gasteiger partial charge < -0.3 is 9.30 Å². The van der Waals surface area contributed by atoms with Crippen LogP contribution >= 0.6 is 11.6 Å². The number of hydrogen-bond acceptors (Lipinski definition) is 4. The van der Waals surface area contributed by atoms with Gasteiger partial charge in [-0.15, -0.1) is 11.6 Å². The van der Waals surface area contributed by atoms with Gasteiger partial charge in [-0.1, -0.05) is 26.2 Å². The minimum Gasteiger partial charge on any atom is -0.479 e. The van der Waals surface area contributed by atoms with E-state index in [1.165, 1.54) is 25.6 Å². The summed E-state index contributed by atoms with van der Waals surface area (Å²) in [6, 6.07) is 0. The molecule has 0 amide bonds. The molecule has 0 N–H and O–H groups in total. The summed E-state index contributed by atoms with van der Waals surface area (Å²) in [5.41, 5.74) is 1.50. The number of hydrogen-bond donors (Lipinski definition) is 0. The van der Waals surface area contributed by atoms with Crippen molar-refractivity contribution in [3.63, 3.8) is 0 Å². The van der Waals surface area contributed by atoms with E-state index < -0.39 is 0 Å². The van der Waals surface area contributed by atoms with Gasteiger partial charge in [0.1, 0.15) is 12.2 Å². The van der Waals surface area contributed by atoms with Crippen LogP contribution in [-0.4, -0.2) is 26.6 Å². The first-order chi connectivity index (χ1) is 9.31. The van der Waals surface area contributed by atoms with Crippen LogP contribution in [0.4, 0.5) is 0 Å². The molecule has 0 aliphatic carbocycles. The van der Waals surface area contributed by atoms with E-state index in [1.807, 2.05) is 0 Å². The van der Waals surface area contributed by atoms with E-state index in [1.54, 1.807) is 7.11 Å². The molecule has 2 rings (SSSR count). The van der Waals surface area contributed by atoms with Crippen molar-refractivity contribution in [1.82, 2.24) is 19.5 Å². The van der Waals surface area contributed by atoms with E-state index in [9.17, 15) is 0 Å². The Bertz CT molecular complexity index is 541. The second-order valence-electron chi connectivity index (χ2n) is 4.43. The standard InChI is InChI=1S/C13H19ClN4O/c1-3-4-5-6-7-18-10(8-14)17-11-12(18)15-9-16-13(11)19-2/h9H,3-8H2,1-2H3. The number of nitrogens with zero attached hydrogens (tertiary/aromatic N) is 4. The number of unbranched alkanes of at least 4 members (excludes halogenated alkanes) is 3. The molecule has 0 saturated carbocycles. The van der Waals surface area contributed by atoms with E-state index >= 15 is 0 Å². The zero-order chi connectivity index (χ0) is 13.7. The monoisotopic (exact) mass is 282 g/mol. The maximum absolute atomic E-state index is 5.97. The summed E-state index contributed by atoms with van der Waals surface area (Å²) in [6.45, 7) is 3.09. The second-order valence-corrected chi connectivity index (χ2v) is 4.70. The Morgan fingerprint density at radius 2 is 2.11 bits per heavy atom. The van der Waals surface area contributed by atoms with Crippen molar-refractivity contribution in [2.24, 2.45) is 0 Å². The topological polar surface area (TPSA) is 52.8 Å². The lowest BCUT2D eigenvalue weighted by atomic mass is 10.2. The molecule has 0 spiro atoms. The van der Waals surface area contributed by atoms with Gasteiger partial charge in [-0.25, -0.2) is 9.97 Å². The van der Waals surface area contributed by atoms with Crippen molar-refractivity contribution in [3.8, 4) is 5.88 Å². The van der Waals surface area contributed by atoms with Crippen molar-refractivity contribution >= 4 is 22.8 Å². The Hall–Kier alpha value is -1.36. The SMILES string of the molecule is CCCCCCn1c(CCl)nc2c(OC)ncnc21. The first-order valence-electron chi connectivity index (χ1n) is 6.61. The number of rotatable bonds is 7. The molecule has 0 saturated heterocycles. The maximum atomic E-state index is 5.97. The molecule has 2 aromatic heterocycles. The number of fused-ring (bicyclic) bond motifs is 1. The van der Waals surface area contributed by atoms with Gasteiger partial charge in [0.25, 0.3) is 0 Å². The van der Waals surface area contributed by atoms with Crippen LogP contribution in [0.1, 0.15) is 38.4 Å². The van der Waals surface area contributed by atoms with Crippen LogP contribution in [0, 0.1) is 0 Å². The van der Waals surface area contributed by atoms with Crippen LogP contribution in [0.3, 0.4) is 0 Å². The van der Waals surface area contributed by atoms with Crippen LogP contribution in [0.15, 0.2) is 6.33 Å². The molecule has 0 fully saturated rings. The molecule has 2 heterocycles. The van der Waals surface area contributed by atoms with Crippen molar-refractivity contribution < 1.29 is 4.74 Å². The predicted molar refractivity (Wildman–Crippen MR) is 75.6 cm³/mol. The lowest BCUT2D eigenvalue weighted by Gasteiger charge is -2.06. The normalized spacial score (nSPS) is 11.1. The first kappa shape index (κ1) is 14.1. The van der Waals surface area contributed by atoms with Gasteiger partial charge in [0.05, 0.1) is 13.0 Å². The summed E-state index contributed by atoms with van der Waals surface area (Å²) in [4.78, 5) is 12.9. The number of ether oxygens (including phenoxy) is 1. The maximum Gasteiger partial charge on any atom is 0.245 e. The van der Waals surface area contributed by atoms with Gasteiger partial charge in [-0.05, 0) is 6.42 Å². The molecule has 2 aromatic rings. The van der Waals surface area contributed by atoms with Crippen LogP contribution < -0.4 is 4.74 Å². The van der Waals surface area contributed by atoms with Gasteiger partial charge >= 0.3 is 0 Å². The van der Waals surface area contributed by atoms with Crippen molar-refractivity contribution in [2.45, 2.75) is 45.0 Å². The highest BCUT2D eigenvalue weighted by molar-refractivity contribution is 6.16. The van der Waals surface area contributed by atoms with Gasteiger partial charge in [0, 0.05) is 6.54 Å². The third kappa shape index (κ3) is 2.97. The van der Waals surface area contributed by atoms with E-state index in [0.717, 1.165) is 24.4 Å². The number of methoxy groups -OCH3 is 1. The molecular formula is C13H19ClN4O. The fourth-order valence-electron chi connectivity index (χ4n) is 2.14. The average Bonchev–Trinajstić information content (AvgIpc) is 2.81. The lowest BCUT2D eigenvalue weighted by molar-refractivity contribution is 0.401. The zero-order valence-corrected chi connectivity index (χ0v) is 12.2. The molecule has 0 radical (unpaired) electrons. The Balaban J connectivity index is 2.30. The van der Waals surface area contributed by atoms with Crippen molar-refractivity contribution in [1.29, 1.82) is 0 Å². The predicted octanol–water partition coefficient (Wildman–Crippen LogP) is 3.15. The molecule has 0 aromatic carbocycles. The number of imidazole rings is 1. The fourth-order valence-corrected chi connectivity index (χ4v) is 2.35. The number of aromatic nitrogens is 4. The number of aryl methyl sites for hydroxylation is 1. The largest absolute Gasteiger partial charge is 0.479 e. The Morgan fingerprint density at radius 3 is 2.79 bits per heavy atom. The third-order valence-electron chi connectivity index (χ3n) is 3.13. The Kier molecular flexibility index (Phi) is 4.96. The van der Waals surface area contributed by atoms with E-state index in [-0.39, 0.29) is 0 Å². The molecule has 6 heteroatoms. The second kappa shape index (κ2) is 6.70. The molecule has 0 aliphatic heterocycles. The van der Waals surface area contributed by atoms with Gasteiger partial charge in [0.15, 0.2) is 11.2 Å². The lowest BCUT2D eigenvalue weighted by Crippen LogP contribution is -2.03. The highest BCUT2D eigenvalue weighted by Gasteiger charge is 2.15. The zero-order valence-electron chi connectivity index (χ0n) is 11.4. The smallest absolute Gasteiger partial charge is 0.245 e. The van der Waals surface area contributed by atoms with Gasteiger partial charge in [-0.3, -0.25) is 0 Å². The molecule has 0 aliphatic rings. The van der Waals surface area contributed by atoms with Crippen LogP contribution in [-0.2, 0) is 12.4 Å². The van der Waals surface area contributed by atoms with Crippen molar-refractivity contribution in [3.05, 3.63) is 12.2 Å². The van der Waals surface area contributed by atoms with E-state index in [4.69, 9.17) is 16.3 Å². The first-order valence-corrected chi connectivity index (χ1v) is 7.15. The Labute approximate surface area is 118 Å². The third-order valence-corrected chi connectivity index (χ3v) is 3.36. The van der Waals surface area contributed by atoms with Gasteiger partial charge in [-0.2, -0.15) is 4.98 Å². The molecule has 0 unspecified atom stereocenters. The van der Waals surface area contributed by atoms with Crippen LogP contribution in [0.2, 0.25) is 0 Å². The number of halogens is 1. The summed E-state index contributed by atoms with van der Waals surface area (Å²) < 4.78 is 7.28. The van der Waals surface area contributed by atoms with E-state index in [2.05, 4.69) is 26.4 Å². The summed E-state index contributed by atoms with van der Waals surface area (Å²) >= 11 is 5.97. The quantitative estimate of drug-likeness (QED) is 0.578. The summed E-state index contributed by atoms with van der Waals surface area (Å²) in [6.07, 6.45) is 6.29. The highest BCUT2D eigenvalue weighted by Crippen LogP contribution is 2.23. The highest BCUT2D eigenvalue weighted by atomic mass is 35.5. The molecule has 5 nitrogen and oxygen atoms in total. The fraction of sp³-hybridized carbons (Fsp3) is 0.615. The van der Waals surface area contributed by atoms with Crippen LogP contribution in [0.5, 0.6) is 5.88 Å². The van der Waals surface area contributed by atoms with E-state index in [0.29, 0.717) is 17.3 Å². The molecule has 19 heavy (non-hydrogen) atoms. The molecule has 0 atom stereocenters.